The van der Waals surface area contributed by atoms with Gasteiger partial charge in [0.15, 0.2) is 17.5 Å². The molecule has 0 saturated heterocycles. The van der Waals surface area contributed by atoms with E-state index in [4.69, 9.17) is 19.4 Å². The van der Waals surface area contributed by atoms with Crippen LogP contribution in [0.2, 0.25) is 0 Å². The topological polar surface area (TPSA) is 51.8 Å². The summed E-state index contributed by atoms with van der Waals surface area (Å²) in [6.07, 6.45) is 0. The van der Waals surface area contributed by atoms with E-state index in [-0.39, 0.29) is 0 Å². The van der Waals surface area contributed by atoms with Gasteiger partial charge in [-0.15, -0.1) is 0 Å². The number of fused-ring (bicyclic) bond motifs is 5. The van der Waals surface area contributed by atoms with Gasteiger partial charge < -0.3 is 4.42 Å². The van der Waals surface area contributed by atoms with Gasteiger partial charge in [-0.3, -0.25) is 0 Å². The van der Waals surface area contributed by atoms with E-state index in [2.05, 4.69) is 170 Å². The lowest BCUT2D eigenvalue weighted by molar-refractivity contribution is 0.669. The number of hydrogen-bond donors (Lipinski definition) is 0. The summed E-state index contributed by atoms with van der Waals surface area (Å²) in [5.41, 5.74) is 11.3. The first kappa shape index (κ1) is 32.7. The van der Waals surface area contributed by atoms with Gasteiger partial charge in [0.25, 0.3) is 0 Å². The van der Waals surface area contributed by atoms with E-state index in [1.54, 1.807) is 0 Å². The molecule has 0 unspecified atom stereocenters. The number of para-hydroxylation sites is 1. The smallest absolute Gasteiger partial charge is 0.164 e. The van der Waals surface area contributed by atoms with Crippen molar-refractivity contribution in [1.29, 1.82) is 0 Å². The third-order valence-corrected chi connectivity index (χ3v) is 10.9. The minimum absolute atomic E-state index is 0.600. The van der Waals surface area contributed by atoms with Crippen LogP contribution in [0, 0.1) is 0 Å². The SMILES string of the molecule is c1ccc(-c2ccc3ccc(-c4cccc(-c5nc(-c6cccc(-c7ccc8ccccc8c7)c6)nc(-c6ccc7oc8ccccc8c7c6)n5)c4)cc3c2)cc1. The van der Waals surface area contributed by atoms with Gasteiger partial charge in [-0.2, -0.15) is 0 Å². The summed E-state index contributed by atoms with van der Waals surface area (Å²) in [5.74, 6) is 1.82. The molecule has 266 valence electrons. The van der Waals surface area contributed by atoms with Crippen molar-refractivity contribution in [2.45, 2.75) is 0 Å². The van der Waals surface area contributed by atoms with Gasteiger partial charge in [0.1, 0.15) is 11.2 Å². The largest absolute Gasteiger partial charge is 0.456 e. The summed E-state index contributed by atoms with van der Waals surface area (Å²) in [6, 6.07) is 70.2. The average Bonchev–Trinajstić information content (AvgIpc) is 3.67. The summed E-state index contributed by atoms with van der Waals surface area (Å²) in [4.78, 5) is 15.5. The van der Waals surface area contributed by atoms with Crippen molar-refractivity contribution >= 4 is 43.5 Å². The van der Waals surface area contributed by atoms with Crippen molar-refractivity contribution in [2.75, 3.05) is 0 Å². The highest BCUT2D eigenvalue weighted by molar-refractivity contribution is 6.06. The summed E-state index contributed by atoms with van der Waals surface area (Å²) >= 11 is 0. The summed E-state index contributed by atoms with van der Waals surface area (Å²) < 4.78 is 6.17. The number of benzene rings is 9. The number of nitrogens with zero attached hydrogens (tertiary/aromatic N) is 3. The van der Waals surface area contributed by atoms with Crippen LogP contribution in [0.3, 0.4) is 0 Å². The van der Waals surface area contributed by atoms with Crippen LogP contribution in [0.15, 0.2) is 205 Å². The molecule has 0 bridgehead atoms. The standard InChI is InChI=1S/C53H33N3O/c1-2-10-34(11-3-1)40-23-21-36-22-25-42(32-46(36)31-40)39-15-9-17-44(30-39)52-54-51(43-16-8-14-38(29-43)41-24-20-35-12-4-5-13-37(35)28-41)55-53(56-52)45-26-27-50-48(33-45)47-18-6-7-19-49(47)57-50/h1-33H. The van der Waals surface area contributed by atoms with Crippen LogP contribution in [0.5, 0.6) is 0 Å². The van der Waals surface area contributed by atoms with Crippen molar-refractivity contribution in [3.63, 3.8) is 0 Å². The highest BCUT2D eigenvalue weighted by Crippen LogP contribution is 2.35. The maximum atomic E-state index is 6.17. The Hall–Kier alpha value is -7.69. The third-order valence-electron chi connectivity index (χ3n) is 10.9. The van der Waals surface area contributed by atoms with Crippen LogP contribution >= 0.6 is 0 Å². The fourth-order valence-corrected chi connectivity index (χ4v) is 7.91. The second kappa shape index (κ2) is 13.6. The summed E-state index contributed by atoms with van der Waals surface area (Å²) in [6.45, 7) is 0. The van der Waals surface area contributed by atoms with Crippen molar-refractivity contribution < 1.29 is 4.42 Å². The molecule has 0 saturated carbocycles. The van der Waals surface area contributed by atoms with Crippen LogP contribution < -0.4 is 0 Å². The predicted molar refractivity (Wildman–Crippen MR) is 235 cm³/mol. The van der Waals surface area contributed by atoms with Gasteiger partial charge in [-0.05, 0) is 110 Å². The lowest BCUT2D eigenvalue weighted by atomic mass is 9.97. The molecule has 4 heteroatoms. The molecule has 11 rings (SSSR count). The van der Waals surface area contributed by atoms with Gasteiger partial charge in [-0.1, -0.05) is 146 Å². The Kier molecular flexibility index (Phi) is 7.78. The first-order valence-electron chi connectivity index (χ1n) is 19.2. The quantitative estimate of drug-likeness (QED) is 0.171. The molecular formula is C53H33N3O. The molecule has 0 N–H and O–H groups in total. The van der Waals surface area contributed by atoms with E-state index in [9.17, 15) is 0 Å². The molecule has 0 spiro atoms. The van der Waals surface area contributed by atoms with Crippen molar-refractivity contribution in [2.24, 2.45) is 0 Å². The molecular weight excluding hydrogens is 695 g/mol. The Morgan fingerprint density at radius 1 is 0.246 bits per heavy atom. The van der Waals surface area contributed by atoms with Crippen LogP contribution in [-0.4, -0.2) is 15.0 Å². The first-order chi connectivity index (χ1) is 28.2. The zero-order valence-electron chi connectivity index (χ0n) is 30.8. The first-order valence-corrected chi connectivity index (χ1v) is 19.2. The Balaban J connectivity index is 1.04. The molecule has 4 nitrogen and oxygen atoms in total. The monoisotopic (exact) mass is 727 g/mol. The summed E-state index contributed by atoms with van der Waals surface area (Å²) in [5, 5.41) is 6.90. The Bertz CT molecular complexity index is 3310. The molecule has 9 aromatic carbocycles. The average molecular weight is 728 g/mol. The highest BCUT2D eigenvalue weighted by atomic mass is 16.3. The van der Waals surface area contributed by atoms with Gasteiger partial charge in [-0.25, -0.2) is 15.0 Å². The van der Waals surface area contributed by atoms with Crippen molar-refractivity contribution in [3.8, 4) is 67.5 Å². The molecule has 0 atom stereocenters. The molecule has 11 aromatic rings. The van der Waals surface area contributed by atoms with Gasteiger partial charge in [0.05, 0.1) is 0 Å². The predicted octanol–water partition coefficient (Wildman–Crippen LogP) is 14.1. The molecule has 0 radical (unpaired) electrons. The Morgan fingerprint density at radius 3 is 1.35 bits per heavy atom. The molecule has 57 heavy (non-hydrogen) atoms. The van der Waals surface area contributed by atoms with Crippen LogP contribution in [0.4, 0.5) is 0 Å². The number of rotatable bonds is 6. The highest BCUT2D eigenvalue weighted by Gasteiger charge is 2.16. The lowest BCUT2D eigenvalue weighted by Crippen LogP contribution is -2.00. The lowest BCUT2D eigenvalue weighted by Gasteiger charge is -2.11. The number of furan rings is 1. The normalized spacial score (nSPS) is 11.5. The second-order valence-electron chi connectivity index (χ2n) is 14.5. The van der Waals surface area contributed by atoms with E-state index in [1.165, 1.54) is 32.7 Å². The van der Waals surface area contributed by atoms with Gasteiger partial charge in [0, 0.05) is 27.5 Å². The molecule has 2 aromatic heterocycles. The number of hydrogen-bond acceptors (Lipinski definition) is 4. The third kappa shape index (κ3) is 6.10. The van der Waals surface area contributed by atoms with Crippen LogP contribution in [0.25, 0.3) is 111 Å². The minimum Gasteiger partial charge on any atom is -0.456 e. The maximum absolute atomic E-state index is 6.17. The van der Waals surface area contributed by atoms with Crippen molar-refractivity contribution in [1.82, 2.24) is 15.0 Å². The van der Waals surface area contributed by atoms with Crippen LogP contribution in [0.1, 0.15) is 0 Å². The molecule has 0 aliphatic carbocycles. The number of aromatic nitrogens is 3. The molecule has 0 aliphatic rings. The van der Waals surface area contributed by atoms with E-state index in [0.717, 1.165) is 60.9 Å². The van der Waals surface area contributed by atoms with Crippen LogP contribution in [-0.2, 0) is 0 Å². The fraction of sp³-hybridized carbons (Fsp3) is 0. The van der Waals surface area contributed by atoms with E-state index in [1.807, 2.05) is 30.3 Å². The Morgan fingerprint density at radius 2 is 0.684 bits per heavy atom. The van der Waals surface area contributed by atoms with Crippen molar-refractivity contribution in [3.05, 3.63) is 200 Å². The van der Waals surface area contributed by atoms with E-state index in [0.29, 0.717) is 17.5 Å². The molecule has 0 amide bonds. The van der Waals surface area contributed by atoms with Gasteiger partial charge in [0.2, 0.25) is 0 Å². The molecule has 2 heterocycles. The minimum atomic E-state index is 0.600. The molecule has 0 fully saturated rings. The van der Waals surface area contributed by atoms with E-state index < -0.39 is 0 Å². The fourth-order valence-electron chi connectivity index (χ4n) is 7.91. The zero-order chi connectivity index (χ0) is 37.7. The second-order valence-corrected chi connectivity index (χ2v) is 14.5. The summed E-state index contributed by atoms with van der Waals surface area (Å²) in [7, 11) is 0. The zero-order valence-corrected chi connectivity index (χ0v) is 30.8. The Labute approximate surface area is 329 Å². The molecule has 0 aliphatic heterocycles. The van der Waals surface area contributed by atoms with E-state index >= 15 is 0 Å². The van der Waals surface area contributed by atoms with Gasteiger partial charge >= 0.3 is 0 Å². The maximum Gasteiger partial charge on any atom is 0.164 e.